The maximum absolute atomic E-state index is 13.7. The summed E-state index contributed by atoms with van der Waals surface area (Å²) in [5, 5.41) is 2.90. The quantitative estimate of drug-likeness (QED) is 0.264. The first-order valence-electron chi connectivity index (χ1n) is 8.43. The summed E-state index contributed by atoms with van der Waals surface area (Å²) < 4.78 is 88.5. The molecule has 2 aliphatic heterocycles. The molecule has 0 bridgehead atoms. The Morgan fingerprint density at radius 2 is 1.46 bits per heavy atom. The fraction of sp³-hybridized carbons (Fsp3) is 0.588. The Hall–Kier alpha value is -1.82. The molecule has 0 aromatic heterocycles. The standard InChI is InChI=1S/C17H18F5NO5/c1-17(2)27-14-6(25-7(5-23-3)15(14)28-17)4-8(24)26-16-12(21)10(19)9(18)11(20)13(16)22/h6-7,14-15,23H,4-5H2,1-3H3/t6-,7+,14?,15?/m0/s1. The van der Waals surface area contributed by atoms with Crippen LogP contribution >= 0.6 is 0 Å². The zero-order valence-electron chi connectivity index (χ0n) is 15.2. The van der Waals surface area contributed by atoms with Crippen molar-refractivity contribution in [3.63, 3.8) is 0 Å². The minimum absolute atomic E-state index is 0.379. The number of rotatable bonds is 5. The summed E-state index contributed by atoms with van der Waals surface area (Å²) in [6, 6.07) is 0. The second-order valence-electron chi connectivity index (χ2n) is 6.91. The Kier molecular flexibility index (Phi) is 5.63. The molecule has 0 spiro atoms. The molecule has 1 aromatic rings. The number of fused-ring (bicyclic) bond motifs is 1. The van der Waals surface area contributed by atoms with E-state index in [0.717, 1.165) is 0 Å². The van der Waals surface area contributed by atoms with Crippen LogP contribution in [0.3, 0.4) is 0 Å². The molecule has 2 saturated heterocycles. The van der Waals surface area contributed by atoms with Crippen LogP contribution in [0.4, 0.5) is 22.0 Å². The molecule has 11 heteroatoms. The number of hydrogen-bond acceptors (Lipinski definition) is 6. The van der Waals surface area contributed by atoms with E-state index in [9.17, 15) is 26.7 Å². The lowest BCUT2D eigenvalue weighted by atomic mass is 10.1. The Bertz CT molecular complexity index is 761. The molecule has 0 saturated carbocycles. The van der Waals surface area contributed by atoms with Crippen molar-refractivity contribution in [3.05, 3.63) is 29.1 Å². The van der Waals surface area contributed by atoms with Crippen LogP contribution in [0.25, 0.3) is 0 Å². The van der Waals surface area contributed by atoms with Crippen LogP contribution in [0.2, 0.25) is 0 Å². The van der Waals surface area contributed by atoms with Gasteiger partial charge in [0.2, 0.25) is 34.8 Å². The van der Waals surface area contributed by atoms with E-state index in [0.29, 0.717) is 6.54 Å². The monoisotopic (exact) mass is 411 g/mol. The topological polar surface area (TPSA) is 66.0 Å². The van der Waals surface area contributed by atoms with E-state index in [4.69, 9.17) is 14.2 Å². The highest BCUT2D eigenvalue weighted by molar-refractivity contribution is 5.73. The zero-order chi connectivity index (χ0) is 20.8. The molecule has 2 unspecified atom stereocenters. The van der Waals surface area contributed by atoms with Gasteiger partial charge in [-0.1, -0.05) is 0 Å². The number of ether oxygens (including phenoxy) is 4. The van der Waals surface area contributed by atoms with Gasteiger partial charge >= 0.3 is 5.97 Å². The predicted octanol–water partition coefficient (Wildman–Crippen LogP) is 2.18. The van der Waals surface area contributed by atoms with Gasteiger partial charge in [-0.2, -0.15) is 8.78 Å². The van der Waals surface area contributed by atoms with E-state index in [1.165, 1.54) is 0 Å². The summed E-state index contributed by atoms with van der Waals surface area (Å²) in [6.45, 7) is 3.72. The maximum atomic E-state index is 13.7. The molecule has 2 aliphatic rings. The second kappa shape index (κ2) is 7.54. The van der Waals surface area contributed by atoms with Gasteiger partial charge in [-0.05, 0) is 20.9 Å². The summed E-state index contributed by atoms with van der Waals surface area (Å²) in [5.41, 5.74) is 0. The van der Waals surface area contributed by atoms with Crippen LogP contribution in [0.15, 0.2) is 0 Å². The summed E-state index contributed by atoms with van der Waals surface area (Å²) in [6.07, 6.45) is -3.07. The van der Waals surface area contributed by atoms with Gasteiger partial charge in [-0.25, -0.2) is 13.2 Å². The van der Waals surface area contributed by atoms with Gasteiger partial charge in [0, 0.05) is 6.54 Å². The van der Waals surface area contributed by atoms with E-state index in [2.05, 4.69) is 10.1 Å². The first-order chi connectivity index (χ1) is 13.1. The summed E-state index contributed by atoms with van der Waals surface area (Å²) >= 11 is 0. The zero-order valence-corrected chi connectivity index (χ0v) is 15.2. The number of carbonyl (C=O) groups excluding carboxylic acids is 1. The smallest absolute Gasteiger partial charge is 0.314 e. The van der Waals surface area contributed by atoms with Crippen LogP contribution in [0, 0.1) is 29.1 Å². The lowest BCUT2D eigenvalue weighted by molar-refractivity contribution is -0.188. The molecular formula is C17H18F5NO5. The number of carbonyl (C=O) groups is 1. The van der Waals surface area contributed by atoms with Gasteiger partial charge < -0.3 is 24.3 Å². The Morgan fingerprint density at radius 3 is 2.00 bits per heavy atom. The van der Waals surface area contributed by atoms with Crippen molar-refractivity contribution >= 4 is 5.97 Å². The highest BCUT2D eigenvalue weighted by Gasteiger charge is 2.55. The number of halogens is 5. The van der Waals surface area contributed by atoms with Crippen LogP contribution in [-0.4, -0.2) is 49.8 Å². The summed E-state index contributed by atoms with van der Waals surface area (Å²) in [4.78, 5) is 12.1. The van der Waals surface area contributed by atoms with E-state index in [1.54, 1.807) is 20.9 Å². The molecule has 2 fully saturated rings. The third-order valence-electron chi connectivity index (χ3n) is 4.40. The SMILES string of the molecule is CNC[C@H]1O[C@@H](CC(=O)Oc2c(F)c(F)c(F)c(F)c2F)C2OC(C)(C)OC21. The van der Waals surface area contributed by atoms with E-state index >= 15 is 0 Å². The van der Waals surface area contributed by atoms with E-state index in [-0.39, 0.29) is 0 Å². The van der Waals surface area contributed by atoms with E-state index < -0.39 is 77.4 Å². The highest BCUT2D eigenvalue weighted by Crippen LogP contribution is 2.40. The third kappa shape index (κ3) is 3.71. The van der Waals surface area contributed by atoms with Crippen molar-refractivity contribution in [2.45, 2.75) is 50.5 Å². The molecule has 4 atom stereocenters. The molecule has 3 rings (SSSR count). The number of esters is 1. The largest absolute Gasteiger partial charge is 0.420 e. The predicted molar refractivity (Wildman–Crippen MR) is 82.9 cm³/mol. The number of benzene rings is 1. The van der Waals surface area contributed by atoms with Crippen molar-refractivity contribution in [1.29, 1.82) is 0 Å². The minimum Gasteiger partial charge on any atom is -0.420 e. The fourth-order valence-electron chi connectivity index (χ4n) is 3.30. The van der Waals surface area contributed by atoms with Crippen LogP contribution in [-0.2, 0) is 19.0 Å². The van der Waals surface area contributed by atoms with Crippen molar-refractivity contribution in [3.8, 4) is 5.75 Å². The number of likely N-dealkylation sites (N-methyl/N-ethyl adjacent to an activating group) is 1. The summed E-state index contributed by atoms with van der Waals surface area (Å²) in [7, 11) is 1.68. The molecule has 0 radical (unpaired) electrons. The van der Waals surface area contributed by atoms with Crippen molar-refractivity contribution in [2.24, 2.45) is 0 Å². The van der Waals surface area contributed by atoms with Crippen molar-refractivity contribution < 1.29 is 45.7 Å². The summed E-state index contributed by atoms with van der Waals surface area (Å²) in [5.74, 6) is -15.1. The Morgan fingerprint density at radius 1 is 0.964 bits per heavy atom. The molecule has 156 valence electrons. The van der Waals surface area contributed by atoms with Crippen molar-refractivity contribution in [2.75, 3.05) is 13.6 Å². The molecule has 2 heterocycles. The molecule has 1 N–H and O–H groups in total. The van der Waals surface area contributed by atoms with Gasteiger partial charge in [0.05, 0.1) is 18.6 Å². The lowest BCUT2D eigenvalue weighted by Crippen LogP contribution is -2.36. The first-order valence-corrected chi connectivity index (χ1v) is 8.43. The van der Waals surface area contributed by atoms with Gasteiger partial charge in [0.25, 0.3) is 0 Å². The van der Waals surface area contributed by atoms with Crippen LogP contribution in [0.5, 0.6) is 5.75 Å². The van der Waals surface area contributed by atoms with Crippen LogP contribution < -0.4 is 10.1 Å². The molecule has 1 aromatic carbocycles. The average molecular weight is 411 g/mol. The minimum atomic E-state index is -2.34. The molecule has 0 aliphatic carbocycles. The lowest BCUT2D eigenvalue weighted by Gasteiger charge is -2.23. The normalized spacial score (nSPS) is 28.4. The van der Waals surface area contributed by atoms with Crippen molar-refractivity contribution in [1.82, 2.24) is 5.32 Å². The Balaban J connectivity index is 1.75. The average Bonchev–Trinajstić information content (AvgIpc) is 3.10. The van der Waals surface area contributed by atoms with Crippen LogP contribution in [0.1, 0.15) is 20.3 Å². The molecule has 28 heavy (non-hydrogen) atoms. The number of nitrogens with one attached hydrogen (secondary N) is 1. The molecular weight excluding hydrogens is 393 g/mol. The number of hydrogen-bond donors (Lipinski definition) is 1. The highest BCUT2D eigenvalue weighted by atomic mass is 19.2. The Labute approximate surface area is 156 Å². The third-order valence-corrected chi connectivity index (χ3v) is 4.40. The van der Waals surface area contributed by atoms with Gasteiger partial charge in [-0.3, -0.25) is 4.79 Å². The van der Waals surface area contributed by atoms with E-state index in [1.807, 2.05) is 0 Å². The van der Waals surface area contributed by atoms with Gasteiger partial charge in [-0.15, -0.1) is 0 Å². The molecule has 6 nitrogen and oxygen atoms in total. The molecule has 0 amide bonds. The van der Waals surface area contributed by atoms with Gasteiger partial charge in [0.15, 0.2) is 5.79 Å². The first kappa shape index (κ1) is 20.9. The van der Waals surface area contributed by atoms with Gasteiger partial charge in [0.1, 0.15) is 12.2 Å². The fourth-order valence-corrected chi connectivity index (χ4v) is 3.30. The maximum Gasteiger partial charge on any atom is 0.314 e. The second-order valence-corrected chi connectivity index (χ2v) is 6.91.